The Morgan fingerprint density at radius 1 is 1.05 bits per heavy atom. The van der Waals surface area contributed by atoms with Crippen LogP contribution in [-0.4, -0.2) is 5.91 Å². The highest BCUT2D eigenvalue weighted by atomic mass is 16.1. The van der Waals surface area contributed by atoms with Gasteiger partial charge in [-0.25, -0.2) is 0 Å². The van der Waals surface area contributed by atoms with Gasteiger partial charge in [0.2, 0.25) is 5.91 Å². The quantitative estimate of drug-likeness (QED) is 0.877. The van der Waals surface area contributed by atoms with Crippen LogP contribution in [0.2, 0.25) is 0 Å². The van der Waals surface area contributed by atoms with Crippen LogP contribution in [0.4, 0.5) is 5.69 Å². The van der Waals surface area contributed by atoms with Crippen LogP contribution < -0.4 is 5.32 Å². The lowest BCUT2D eigenvalue weighted by molar-refractivity contribution is -0.114. The lowest BCUT2D eigenvalue weighted by Gasteiger charge is -2.02. The molecule has 0 spiro atoms. The van der Waals surface area contributed by atoms with E-state index in [1.165, 1.54) is 18.1 Å². The Kier molecular flexibility index (Phi) is 4.51. The zero-order valence-corrected chi connectivity index (χ0v) is 11.0. The number of rotatable bonds is 4. The highest BCUT2D eigenvalue weighted by molar-refractivity contribution is 5.88. The van der Waals surface area contributed by atoms with Crippen LogP contribution in [0.1, 0.15) is 18.1 Å². The monoisotopic (exact) mass is 251 g/mol. The Labute approximate surface area is 113 Å². The molecule has 0 unspecified atom stereocenters. The van der Waals surface area contributed by atoms with E-state index in [9.17, 15) is 4.79 Å². The number of carbonyl (C=O) groups excluding carboxylic acids is 1. The molecule has 0 fully saturated rings. The fourth-order valence-corrected chi connectivity index (χ4v) is 1.82. The molecular formula is C17H17NO. The van der Waals surface area contributed by atoms with Crippen molar-refractivity contribution < 1.29 is 4.79 Å². The summed E-state index contributed by atoms with van der Waals surface area (Å²) in [4.78, 5) is 10.9. The number of hydrogen-bond donors (Lipinski definition) is 1. The SMILES string of the molecule is CC(=O)Nc1ccc(C/C=C/c2ccccc2)cc1. The molecule has 2 rings (SSSR count). The number of anilines is 1. The molecule has 2 nitrogen and oxygen atoms in total. The number of hydrogen-bond acceptors (Lipinski definition) is 1. The van der Waals surface area contributed by atoms with Crippen molar-refractivity contribution in [1.82, 2.24) is 0 Å². The number of carbonyl (C=O) groups is 1. The standard InChI is InChI=1S/C17H17NO/c1-14(19)18-17-12-10-16(11-13-17)9-5-8-15-6-3-2-4-7-15/h2-8,10-13H,9H2,1H3,(H,18,19)/b8-5+. The first kappa shape index (κ1) is 13.1. The zero-order chi connectivity index (χ0) is 13.5. The van der Waals surface area contributed by atoms with Crippen LogP contribution in [0.25, 0.3) is 6.08 Å². The minimum atomic E-state index is -0.0447. The van der Waals surface area contributed by atoms with Gasteiger partial charge in [0.15, 0.2) is 0 Å². The smallest absolute Gasteiger partial charge is 0.221 e. The van der Waals surface area contributed by atoms with Gasteiger partial charge < -0.3 is 5.32 Å². The molecule has 96 valence electrons. The Bertz CT molecular complexity index is 556. The fraction of sp³-hybridized carbons (Fsp3) is 0.118. The van der Waals surface area contributed by atoms with Crippen molar-refractivity contribution in [3.8, 4) is 0 Å². The first-order chi connectivity index (χ1) is 9.24. The predicted molar refractivity (Wildman–Crippen MR) is 79.9 cm³/mol. The summed E-state index contributed by atoms with van der Waals surface area (Å²) in [5.74, 6) is -0.0447. The van der Waals surface area contributed by atoms with E-state index in [2.05, 4.69) is 29.6 Å². The summed E-state index contributed by atoms with van der Waals surface area (Å²) in [5.41, 5.74) is 3.27. The van der Waals surface area contributed by atoms with Gasteiger partial charge in [-0.15, -0.1) is 0 Å². The van der Waals surface area contributed by atoms with Crippen LogP contribution in [0.5, 0.6) is 0 Å². The maximum Gasteiger partial charge on any atom is 0.221 e. The first-order valence-corrected chi connectivity index (χ1v) is 6.32. The minimum Gasteiger partial charge on any atom is -0.326 e. The molecule has 0 bridgehead atoms. The second kappa shape index (κ2) is 6.55. The topological polar surface area (TPSA) is 29.1 Å². The number of benzene rings is 2. The van der Waals surface area contributed by atoms with E-state index in [1.54, 1.807) is 0 Å². The van der Waals surface area contributed by atoms with Crippen molar-refractivity contribution in [2.24, 2.45) is 0 Å². The second-order valence-corrected chi connectivity index (χ2v) is 4.40. The number of allylic oxidation sites excluding steroid dienone is 1. The largest absolute Gasteiger partial charge is 0.326 e. The van der Waals surface area contributed by atoms with Gasteiger partial charge in [0.05, 0.1) is 0 Å². The Morgan fingerprint density at radius 3 is 2.37 bits per heavy atom. The average molecular weight is 251 g/mol. The molecule has 2 aromatic rings. The molecule has 0 aromatic heterocycles. The molecular weight excluding hydrogens is 234 g/mol. The van der Waals surface area contributed by atoms with E-state index in [0.29, 0.717) is 0 Å². The summed E-state index contributed by atoms with van der Waals surface area (Å²) in [6.07, 6.45) is 5.14. The van der Waals surface area contributed by atoms with Crippen molar-refractivity contribution in [2.75, 3.05) is 5.32 Å². The summed E-state index contributed by atoms with van der Waals surface area (Å²) in [6.45, 7) is 1.51. The van der Waals surface area contributed by atoms with E-state index in [0.717, 1.165) is 12.1 Å². The van der Waals surface area contributed by atoms with Gasteiger partial charge >= 0.3 is 0 Å². The third kappa shape index (κ3) is 4.43. The van der Waals surface area contributed by atoms with Gasteiger partial charge in [0, 0.05) is 12.6 Å². The van der Waals surface area contributed by atoms with Gasteiger partial charge in [-0.2, -0.15) is 0 Å². The Hall–Kier alpha value is -2.35. The molecule has 19 heavy (non-hydrogen) atoms. The second-order valence-electron chi connectivity index (χ2n) is 4.40. The van der Waals surface area contributed by atoms with E-state index in [4.69, 9.17) is 0 Å². The van der Waals surface area contributed by atoms with Gasteiger partial charge in [0.1, 0.15) is 0 Å². The van der Waals surface area contributed by atoms with Crippen molar-refractivity contribution in [2.45, 2.75) is 13.3 Å². The highest BCUT2D eigenvalue weighted by Gasteiger charge is 1.95. The van der Waals surface area contributed by atoms with E-state index < -0.39 is 0 Å². The van der Waals surface area contributed by atoms with E-state index in [1.807, 2.05) is 42.5 Å². The summed E-state index contributed by atoms with van der Waals surface area (Å²) in [5, 5.41) is 2.76. The summed E-state index contributed by atoms with van der Waals surface area (Å²) in [6, 6.07) is 18.1. The number of amides is 1. The Morgan fingerprint density at radius 2 is 1.74 bits per heavy atom. The molecule has 2 aromatic carbocycles. The normalized spacial score (nSPS) is 10.6. The van der Waals surface area contributed by atoms with Crippen LogP contribution in [-0.2, 0) is 11.2 Å². The molecule has 1 amide bonds. The average Bonchev–Trinajstić information content (AvgIpc) is 2.41. The maximum absolute atomic E-state index is 10.9. The molecule has 0 heterocycles. The van der Waals surface area contributed by atoms with Crippen molar-refractivity contribution in [3.05, 3.63) is 71.8 Å². The molecule has 1 N–H and O–H groups in total. The maximum atomic E-state index is 10.9. The molecule has 2 heteroatoms. The van der Waals surface area contributed by atoms with Gasteiger partial charge in [-0.1, -0.05) is 54.6 Å². The van der Waals surface area contributed by atoms with Gasteiger partial charge in [-0.05, 0) is 29.7 Å². The molecule has 0 saturated heterocycles. The van der Waals surface area contributed by atoms with Gasteiger partial charge in [0.25, 0.3) is 0 Å². The summed E-state index contributed by atoms with van der Waals surface area (Å²) >= 11 is 0. The van der Waals surface area contributed by atoms with Crippen LogP contribution in [0.15, 0.2) is 60.7 Å². The third-order valence-corrected chi connectivity index (χ3v) is 2.74. The van der Waals surface area contributed by atoms with E-state index in [-0.39, 0.29) is 5.91 Å². The predicted octanol–water partition coefficient (Wildman–Crippen LogP) is 3.90. The highest BCUT2D eigenvalue weighted by Crippen LogP contribution is 2.11. The lowest BCUT2D eigenvalue weighted by Crippen LogP contribution is -2.05. The molecule has 0 radical (unpaired) electrons. The molecule has 0 aliphatic heterocycles. The van der Waals surface area contributed by atoms with Crippen LogP contribution in [0.3, 0.4) is 0 Å². The van der Waals surface area contributed by atoms with Gasteiger partial charge in [-0.3, -0.25) is 4.79 Å². The summed E-state index contributed by atoms with van der Waals surface area (Å²) in [7, 11) is 0. The number of nitrogens with one attached hydrogen (secondary N) is 1. The third-order valence-electron chi connectivity index (χ3n) is 2.74. The molecule has 0 aliphatic rings. The fourth-order valence-electron chi connectivity index (χ4n) is 1.82. The van der Waals surface area contributed by atoms with Crippen molar-refractivity contribution in [3.63, 3.8) is 0 Å². The molecule has 0 atom stereocenters. The zero-order valence-electron chi connectivity index (χ0n) is 11.0. The molecule has 0 saturated carbocycles. The summed E-state index contributed by atoms with van der Waals surface area (Å²) < 4.78 is 0. The first-order valence-electron chi connectivity index (χ1n) is 6.32. The minimum absolute atomic E-state index is 0.0447. The van der Waals surface area contributed by atoms with Crippen molar-refractivity contribution in [1.29, 1.82) is 0 Å². The van der Waals surface area contributed by atoms with Crippen LogP contribution in [0, 0.1) is 0 Å². The lowest BCUT2D eigenvalue weighted by atomic mass is 10.1. The van der Waals surface area contributed by atoms with Crippen LogP contribution >= 0.6 is 0 Å². The molecule has 0 aliphatic carbocycles. The van der Waals surface area contributed by atoms with E-state index >= 15 is 0 Å². The van der Waals surface area contributed by atoms with Crippen molar-refractivity contribution >= 4 is 17.7 Å². The Balaban J connectivity index is 1.93.